The molecule has 1 saturated heterocycles. The van der Waals surface area contributed by atoms with E-state index in [-0.39, 0.29) is 16.7 Å². The lowest BCUT2D eigenvalue weighted by molar-refractivity contribution is -0.384. The van der Waals surface area contributed by atoms with Crippen LogP contribution < -0.4 is 4.90 Å². The fourth-order valence-electron chi connectivity index (χ4n) is 3.66. The molecule has 4 rings (SSSR count). The van der Waals surface area contributed by atoms with E-state index < -0.39 is 0 Å². The van der Waals surface area contributed by atoms with Crippen LogP contribution in [0.5, 0.6) is 0 Å². The molecule has 2 heterocycles. The molecule has 3 aromatic rings. The van der Waals surface area contributed by atoms with Gasteiger partial charge in [0.25, 0.3) is 5.69 Å². The summed E-state index contributed by atoms with van der Waals surface area (Å²) in [5, 5.41) is 15.5. The Labute approximate surface area is 168 Å². The highest BCUT2D eigenvalue weighted by Gasteiger charge is 2.28. The monoisotopic (exact) mass is 393 g/mol. The third-order valence-corrected chi connectivity index (χ3v) is 5.36. The summed E-state index contributed by atoms with van der Waals surface area (Å²) in [5.41, 5.74) is 2.65. The van der Waals surface area contributed by atoms with E-state index in [0.717, 1.165) is 24.2 Å². The number of rotatable bonds is 5. The molecule has 1 atom stereocenters. The third kappa shape index (κ3) is 3.97. The molecule has 0 N–H and O–H groups in total. The zero-order valence-electron chi connectivity index (χ0n) is 16.5. The molecule has 8 nitrogen and oxygen atoms in total. The molecule has 1 unspecified atom stereocenters. The molecule has 1 aliphatic rings. The van der Waals surface area contributed by atoms with Crippen molar-refractivity contribution in [1.82, 2.24) is 15.0 Å². The zero-order chi connectivity index (χ0) is 20.4. The number of anilines is 1. The van der Waals surface area contributed by atoms with E-state index in [9.17, 15) is 10.1 Å². The van der Waals surface area contributed by atoms with E-state index in [2.05, 4.69) is 19.9 Å². The van der Waals surface area contributed by atoms with Gasteiger partial charge >= 0.3 is 0 Å². The van der Waals surface area contributed by atoms with Gasteiger partial charge in [0.2, 0.25) is 11.7 Å². The Kier molecular flexibility index (Phi) is 5.26. The molecule has 0 spiro atoms. The largest absolute Gasteiger partial charge is 0.363 e. The first-order valence-electron chi connectivity index (χ1n) is 9.66. The van der Waals surface area contributed by atoms with Crippen molar-refractivity contribution in [3.63, 3.8) is 0 Å². The number of nitro groups is 1. The summed E-state index contributed by atoms with van der Waals surface area (Å²) in [6.45, 7) is 6.84. The molecule has 29 heavy (non-hydrogen) atoms. The quantitative estimate of drug-likeness (QED) is 0.481. The van der Waals surface area contributed by atoms with Gasteiger partial charge in [0, 0.05) is 37.8 Å². The molecule has 150 valence electrons. The highest BCUT2D eigenvalue weighted by Crippen LogP contribution is 2.31. The van der Waals surface area contributed by atoms with Gasteiger partial charge in [-0.2, -0.15) is 4.98 Å². The molecular weight excluding hydrogens is 370 g/mol. The number of nitrogens with zero attached hydrogens (tertiary/aromatic N) is 5. The molecule has 8 heteroatoms. The fourth-order valence-corrected chi connectivity index (χ4v) is 3.66. The first kappa shape index (κ1) is 19.1. The van der Waals surface area contributed by atoms with E-state index >= 15 is 0 Å². The van der Waals surface area contributed by atoms with E-state index in [1.807, 2.05) is 56.3 Å². The van der Waals surface area contributed by atoms with Crippen LogP contribution in [0.15, 0.2) is 53.1 Å². The van der Waals surface area contributed by atoms with Gasteiger partial charge in [-0.3, -0.25) is 15.0 Å². The normalized spacial score (nSPS) is 16.0. The maximum absolute atomic E-state index is 11.4. The SMILES string of the molecule is Cc1ccc(N2CCN(C(C)c3nc(-c4ccccc4)no3)CC2)c([N+](=O)[O-])c1. The van der Waals surface area contributed by atoms with Crippen LogP contribution in [-0.4, -0.2) is 46.1 Å². The summed E-state index contributed by atoms with van der Waals surface area (Å²) in [6, 6.07) is 15.1. The van der Waals surface area contributed by atoms with E-state index in [4.69, 9.17) is 4.52 Å². The van der Waals surface area contributed by atoms with Crippen molar-refractivity contribution in [3.8, 4) is 11.4 Å². The Morgan fingerprint density at radius 1 is 1.10 bits per heavy atom. The van der Waals surface area contributed by atoms with E-state index in [0.29, 0.717) is 30.5 Å². The smallest absolute Gasteiger partial charge is 0.292 e. The number of aromatic nitrogens is 2. The van der Waals surface area contributed by atoms with Crippen LogP contribution in [0.25, 0.3) is 11.4 Å². The summed E-state index contributed by atoms with van der Waals surface area (Å²) in [4.78, 5) is 20.0. The second-order valence-electron chi connectivity index (χ2n) is 7.27. The van der Waals surface area contributed by atoms with Gasteiger partial charge in [-0.15, -0.1) is 0 Å². The average molecular weight is 393 g/mol. The summed E-state index contributed by atoms with van der Waals surface area (Å²) in [7, 11) is 0. The van der Waals surface area contributed by atoms with Crippen LogP contribution in [0.3, 0.4) is 0 Å². The molecule has 0 amide bonds. The lowest BCUT2D eigenvalue weighted by Gasteiger charge is -2.37. The predicted molar refractivity (Wildman–Crippen MR) is 110 cm³/mol. The summed E-state index contributed by atoms with van der Waals surface area (Å²) < 4.78 is 5.50. The number of piperazine rings is 1. The Bertz CT molecular complexity index is 997. The van der Waals surface area contributed by atoms with Crippen LogP contribution in [0.1, 0.15) is 24.4 Å². The Balaban J connectivity index is 1.44. The molecule has 1 aliphatic heterocycles. The van der Waals surface area contributed by atoms with Gasteiger partial charge in [-0.05, 0) is 25.5 Å². The maximum Gasteiger partial charge on any atom is 0.292 e. The molecular formula is C21H23N5O3. The van der Waals surface area contributed by atoms with Gasteiger partial charge < -0.3 is 9.42 Å². The highest BCUT2D eigenvalue weighted by atomic mass is 16.6. The van der Waals surface area contributed by atoms with Gasteiger partial charge in [0.15, 0.2) is 0 Å². The Hall–Kier alpha value is -3.26. The third-order valence-electron chi connectivity index (χ3n) is 5.36. The molecule has 2 aromatic carbocycles. The van der Waals surface area contributed by atoms with Crippen LogP contribution in [0, 0.1) is 17.0 Å². The molecule has 0 radical (unpaired) electrons. The molecule has 0 aliphatic carbocycles. The number of aryl methyl sites for hydroxylation is 1. The van der Waals surface area contributed by atoms with Crippen LogP contribution in [0.4, 0.5) is 11.4 Å². The van der Waals surface area contributed by atoms with Crippen molar-refractivity contribution in [2.45, 2.75) is 19.9 Å². The maximum atomic E-state index is 11.4. The summed E-state index contributed by atoms with van der Waals surface area (Å²) in [5.74, 6) is 1.17. The summed E-state index contributed by atoms with van der Waals surface area (Å²) >= 11 is 0. The van der Waals surface area contributed by atoms with E-state index in [1.54, 1.807) is 6.07 Å². The predicted octanol–water partition coefficient (Wildman–Crippen LogP) is 3.84. The first-order valence-corrected chi connectivity index (χ1v) is 9.66. The second kappa shape index (κ2) is 8.00. The molecule has 0 saturated carbocycles. The second-order valence-corrected chi connectivity index (χ2v) is 7.27. The lowest BCUT2D eigenvalue weighted by Crippen LogP contribution is -2.47. The van der Waals surface area contributed by atoms with Crippen molar-refractivity contribution in [2.24, 2.45) is 0 Å². The van der Waals surface area contributed by atoms with Crippen LogP contribution in [-0.2, 0) is 0 Å². The lowest BCUT2D eigenvalue weighted by atomic mass is 10.1. The first-order chi connectivity index (χ1) is 14.0. The minimum atomic E-state index is -0.305. The van der Waals surface area contributed by atoms with Crippen molar-refractivity contribution < 1.29 is 9.45 Å². The average Bonchev–Trinajstić information content (AvgIpc) is 3.24. The van der Waals surface area contributed by atoms with Crippen molar-refractivity contribution in [1.29, 1.82) is 0 Å². The minimum absolute atomic E-state index is 0.0184. The van der Waals surface area contributed by atoms with Crippen LogP contribution in [0.2, 0.25) is 0 Å². The summed E-state index contributed by atoms with van der Waals surface area (Å²) in [6.07, 6.45) is 0. The number of nitro benzene ring substituents is 1. The van der Waals surface area contributed by atoms with Gasteiger partial charge in [0.05, 0.1) is 11.0 Å². The van der Waals surface area contributed by atoms with Crippen LogP contribution >= 0.6 is 0 Å². The van der Waals surface area contributed by atoms with Crippen molar-refractivity contribution >= 4 is 11.4 Å². The fraction of sp³-hybridized carbons (Fsp3) is 0.333. The number of hydrogen-bond donors (Lipinski definition) is 0. The van der Waals surface area contributed by atoms with Crippen molar-refractivity contribution in [2.75, 3.05) is 31.1 Å². The number of hydrogen-bond acceptors (Lipinski definition) is 7. The van der Waals surface area contributed by atoms with Crippen molar-refractivity contribution in [3.05, 3.63) is 70.1 Å². The number of benzene rings is 2. The van der Waals surface area contributed by atoms with E-state index in [1.165, 1.54) is 0 Å². The standard InChI is InChI=1S/C21H23N5O3/c1-15-8-9-18(19(14-15)26(27)28)25-12-10-24(11-13-25)16(2)21-22-20(23-29-21)17-6-4-3-5-7-17/h3-9,14,16H,10-13H2,1-2H3. The zero-order valence-corrected chi connectivity index (χ0v) is 16.5. The molecule has 1 fully saturated rings. The van der Waals surface area contributed by atoms with Gasteiger partial charge in [-0.25, -0.2) is 0 Å². The van der Waals surface area contributed by atoms with Gasteiger partial charge in [0.1, 0.15) is 5.69 Å². The Morgan fingerprint density at radius 3 is 2.52 bits per heavy atom. The highest BCUT2D eigenvalue weighted by molar-refractivity contribution is 5.64. The minimum Gasteiger partial charge on any atom is -0.363 e. The molecule has 1 aromatic heterocycles. The molecule has 0 bridgehead atoms. The topological polar surface area (TPSA) is 88.5 Å². The van der Waals surface area contributed by atoms with Gasteiger partial charge in [-0.1, -0.05) is 41.6 Å². The Morgan fingerprint density at radius 2 is 1.83 bits per heavy atom.